The van der Waals surface area contributed by atoms with Gasteiger partial charge in [-0.05, 0) is 42.8 Å². The van der Waals surface area contributed by atoms with Crippen LogP contribution in [0.3, 0.4) is 0 Å². The first-order valence-corrected chi connectivity index (χ1v) is 10.8. The molecule has 0 aliphatic carbocycles. The Bertz CT molecular complexity index is 1010. The molecule has 0 saturated heterocycles. The molecule has 1 unspecified atom stereocenters. The number of hydrogen-bond acceptors (Lipinski definition) is 5. The summed E-state index contributed by atoms with van der Waals surface area (Å²) in [4.78, 5) is 12.7. The van der Waals surface area contributed by atoms with Gasteiger partial charge in [-0.15, -0.1) is 0 Å². The first-order chi connectivity index (χ1) is 13.2. The Morgan fingerprint density at radius 3 is 2.68 bits per heavy atom. The van der Waals surface area contributed by atoms with Crippen molar-refractivity contribution in [3.8, 4) is 11.5 Å². The normalized spacial score (nSPS) is 16.6. The average Bonchev–Trinajstić information content (AvgIpc) is 2.81. The second-order valence-corrected chi connectivity index (χ2v) is 8.85. The van der Waals surface area contributed by atoms with E-state index in [1.54, 1.807) is 30.3 Å². The number of carbonyl (C=O) groups excluding carboxylic acids is 1. The SMILES string of the molecule is COc1ccc(NC(=O)C2CCN(S(C)(=O)=O)c3cc(C)ccc3O2)cc1Cl. The van der Waals surface area contributed by atoms with Crippen molar-refractivity contribution in [1.82, 2.24) is 0 Å². The van der Waals surface area contributed by atoms with Crippen molar-refractivity contribution < 1.29 is 22.7 Å². The molecule has 0 aromatic heterocycles. The first kappa shape index (κ1) is 20.3. The third-order valence-corrected chi connectivity index (χ3v) is 5.83. The fourth-order valence-corrected chi connectivity index (χ4v) is 4.18. The molecule has 0 spiro atoms. The number of halogens is 1. The number of amides is 1. The van der Waals surface area contributed by atoms with Crippen LogP contribution in [0.4, 0.5) is 11.4 Å². The second-order valence-electron chi connectivity index (χ2n) is 6.54. The summed E-state index contributed by atoms with van der Waals surface area (Å²) in [5.74, 6) is 0.461. The van der Waals surface area contributed by atoms with Crippen LogP contribution in [-0.2, 0) is 14.8 Å². The van der Waals surface area contributed by atoms with Crippen molar-refractivity contribution in [3.05, 3.63) is 47.0 Å². The smallest absolute Gasteiger partial charge is 0.265 e. The summed E-state index contributed by atoms with van der Waals surface area (Å²) in [6.07, 6.45) is 0.490. The Balaban J connectivity index is 1.85. The monoisotopic (exact) mass is 424 g/mol. The second kappa shape index (κ2) is 7.89. The number of aryl methyl sites for hydroxylation is 1. The fourth-order valence-electron chi connectivity index (χ4n) is 2.99. The standard InChI is InChI=1S/C19H21ClN2O5S/c1-12-4-6-17-15(10-12)22(28(3,24)25)9-8-18(27-17)19(23)21-13-5-7-16(26-2)14(20)11-13/h4-7,10-11,18H,8-9H2,1-3H3,(H,21,23). The number of fused-ring (bicyclic) bond motifs is 1. The highest BCUT2D eigenvalue weighted by atomic mass is 35.5. The highest BCUT2D eigenvalue weighted by Crippen LogP contribution is 2.35. The maximum Gasteiger partial charge on any atom is 0.265 e. The summed E-state index contributed by atoms with van der Waals surface area (Å²) in [5, 5.41) is 3.12. The minimum Gasteiger partial charge on any atom is -0.495 e. The summed E-state index contributed by atoms with van der Waals surface area (Å²) in [6, 6.07) is 10.1. The molecular weight excluding hydrogens is 404 g/mol. The highest BCUT2D eigenvalue weighted by molar-refractivity contribution is 7.92. The van der Waals surface area contributed by atoms with Crippen LogP contribution in [0.15, 0.2) is 36.4 Å². The molecule has 9 heteroatoms. The van der Waals surface area contributed by atoms with Gasteiger partial charge in [0, 0.05) is 18.7 Å². The predicted molar refractivity (Wildman–Crippen MR) is 109 cm³/mol. The van der Waals surface area contributed by atoms with Crippen molar-refractivity contribution in [2.45, 2.75) is 19.4 Å². The van der Waals surface area contributed by atoms with E-state index in [-0.39, 0.29) is 18.9 Å². The number of rotatable bonds is 4. The van der Waals surface area contributed by atoms with Gasteiger partial charge in [0.1, 0.15) is 11.5 Å². The molecule has 0 saturated carbocycles. The molecule has 3 rings (SSSR count). The van der Waals surface area contributed by atoms with Crippen LogP contribution < -0.4 is 19.1 Å². The van der Waals surface area contributed by atoms with Crippen LogP contribution in [0, 0.1) is 6.92 Å². The first-order valence-electron chi connectivity index (χ1n) is 8.58. The number of hydrogen-bond donors (Lipinski definition) is 1. The van der Waals surface area contributed by atoms with E-state index in [1.165, 1.54) is 11.4 Å². The third kappa shape index (κ3) is 4.34. The van der Waals surface area contributed by atoms with Gasteiger partial charge in [-0.25, -0.2) is 8.42 Å². The van der Waals surface area contributed by atoms with Gasteiger partial charge in [0.2, 0.25) is 10.0 Å². The zero-order valence-corrected chi connectivity index (χ0v) is 17.3. The van der Waals surface area contributed by atoms with Crippen LogP contribution in [-0.4, -0.2) is 40.3 Å². The fraction of sp³-hybridized carbons (Fsp3) is 0.316. The number of carbonyl (C=O) groups is 1. The van der Waals surface area contributed by atoms with Gasteiger partial charge in [0.05, 0.1) is 24.1 Å². The highest BCUT2D eigenvalue weighted by Gasteiger charge is 2.31. The van der Waals surface area contributed by atoms with Gasteiger partial charge in [0.15, 0.2) is 6.10 Å². The largest absolute Gasteiger partial charge is 0.495 e. The topological polar surface area (TPSA) is 84.9 Å². The van der Waals surface area contributed by atoms with Gasteiger partial charge >= 0.3 is 0 Å². The molecule has 1 heterocycles. The zero-order valence-electron chi connectivity index (χ0n) is 15.7. The third-order valence-electron chi connectivity index (χ3n) is 4.36. The van der Waals surface area contributed by atoms with E-state index >= 15 is 0 Å². The Kier molecular flexibility index (Phi) is 5.71. The minimum absolute atomic E-state index is 0.136. The lowest BCUT2D eigenvalue weighted by Crippen LogP contribution is -2.35. The van der Waals surface area contributed by atoms with E-state index in [1.807, 2.05) is 13.0 Å². The molecule has 2 aromatic carbocycles. The molecule has 1 N–H and O–H groups in total. The number of anilines is 2. The molecule has 2 aromatic rings. The van der Waals surface area contributed by atoms with Crippen LogP contribution in [0.1, 0.15) is 12.0 Å². The summed E-state index contributed by atoms with van der Waals surface area (Å²) >= 11 is 6.10. The molecule has 1 amide bonds. The van der Waals surface area contributed by atoms with E-state index in [9.17, 15) is 13.2 Å². The molecule has 28 heavy (non-hydrogen) atoms. The van der Waals surface area contributed by atoms with E-state index < -0.39 is 16.1 Å². The van der Waals surface area contributed by atoms with Gasteiger partial charge in [0.25, 0.3) is 5.91 Å². The lowest BCUT2D eigenvalue weighted by Gasteiger charge is -2.21. The van der Waals surface area contributed by atoms with Gasteiger partial charge in [-0.2, -0.15) is 0 Å². The Labute approximate surface area is 169 Å². The molecule has 1 aliphatic heterocycles. The lowest BCUT2D eigenvalue weighted by molar-refractivity contribution is -0.122. The molecule has 0 fully saturated rings. The molecular formula is C19H21ClN2O5S. The Hall–Kier alpha value is -2.45. The number of benzene rings is 2. The average molecular weight is 425 g/mol. The van der Waals surface area contributed by atoms with E-state index in [0.29, 0.717) is 27.9 Å². The summed E-state index contributed by atoms with van der Waals surface area (Å²) in [6.45, 7) is 2.00. The number of methoxy groups -OCH3 is 1. The molecule has 7 nitrogen and oxygen atoms in total. The Morgan fingerprint density at radius 1 is 1.29 bits per heavy atom. The van der Waals surface area contributed by atoms with Crippen LogP contribution in [0.2, 0.25) is 5.02 Å². The lowest BCUT2D eigenvalue weighted by atomic mass is 10.2. The molecule has 1 atom stereocenters. The number of sulfonamides is 1. The van der Waals surface area contributed by atoms with Crippen LogP contribution in [0.25, 0.3) is 0 Å². The van der Waals surface area contributed by atoms with Gasteiger partial charge in [-0.1, -0.05) is 17.7 Å². The summed E-state index contributed by atoms with van der Waals surface area (Å²) < 4.78 is 36.7. The zero-order chi connectivity index (χ0) is 20.5. The maximum atomic E-state index is 12.7. The van der Waals surface area contributed by atoms with E-state index in [0.717, 1.165) is 11.8 Å². The summed E-state index contributed by atoms with van der Waals surface area (Å²) in [5.41, 5.74) is 1.82. The van der Waals surface area contributed by atoms with Crippen molar-refractivity contribution in [3.63, 3.8) is 0 Å². The van der Waals surface area contributed by atoms with E-state index in [4.69, 9.17) is 21.1 Å². The van der Waals surface area contributed by atoms with Crippen molar-refractivity contribution in [2.24, 2.45) is 0 Å². The van der Waals surface area contributed by atoms with Crippen molar-refractivity contribution in [2.75, 3.05) is 29.5 Å². The predicted octanol–water partition coefficient (Wildman–Crippen LogP) is 3.21. The van der Waals surface area contributed by atoms with E-state index in [2.05, 4.69) is 5.32 Å². The number of nitrogens with zero attached hydrogens (tertiary/aromatic N) is 1. The van der Waals surface area contributed by atoms with Crippen molar-refractivity contribution >= 4 is 38.9 Å². The quantitative estimate of drug-likeness (QED) is 0.814. The molecule has 0 bridgehead atoms. The molecule has 0 radical (unpaired) electrons. The molecule has 1 aliphatic rings. The summed E-state index contributed by atoms with van der Waals surface area (Å²) in [7, 11) is -2.00. The molecule has 150 valence electrons. The number of ether oxygens (including phenoxy) is 2. The maximum absolute atomic E-state index is 12.7. The van der Waals surface area contributed by atoms with Gasteiger partial charge in [-0.3, -0.25) is 9.10 Å². The van der Waals surface area contributed by atoms with Crippen LogP contribution >= 0.6 is 11.6 Å². The van der Waals surface area contributed by atoms with Crippen LogP contribution in [0.5, 0.6) is 11.5 Å². The number of nitrogens with one attached hydrogen (secondary N) is 1. The van der Waals surface area contributed by atoms with Crippen molar-refractivity contribution in [1.29, 1.82) is 0 Å². The Morgan fingerprint density at radius 2 is 2.04 bits per heavy atom. The minimum atomic E-state index is -3.51. The van der Waals surface area contributed by atoms with Gasteiger partial charge < -0.3 is 14.8 Å².